The zero-order valence-electron chi connectivity index (χ0n) is 17.9. The first-order valence-corrected chi connectivity index (χ1v) is 9.96. The number of fused-ring (bicyclic) bond motifs is 1. The second kappa shape index (κ2) is 9.17. The molecule has 0 aliphatic carbocycles. The third kappa shape index (κ3) is 4.88. The molecular weight excluding hydrogens is 356 g/mol. The Kier molecular flexibility index (Phi) is 7.16. The normalized spacial score (nSPS) is 11.6. The van der Waals surface area contributed by atoms with Crippen LogP contribution in [0, 0.1) is 0 Å². The first-order chi connectivity index (χ1) is 13.2. The van der Waals surface area contributed by atoms with Crippen molar-refractivity contribution in [2.45, 2.75) is 65.8 Å². The lowest BCUT2D eigenvalue weighted by molar-refractivity contribution is -0.132. The summed E-state index contributed by atoms with van der Waals surface area (Å²) < 4.78 is 6.66. The van der Waals surface area contributed by atoms with E-state index in [4.69, 9.17) is 4.74 Å². The highest BCUT2D eigenvalue weighted by atomic mass is 16.5. The fraction of sp³-hybridized carbons (Fsp3) is 0.619. The lowest BCUT2D eigenvalue weighted by Crippen LogP contribution is -2.40. The van der Waals surface area contributed by atoms with Gasteiger partial charge in [-0.15, -0.1) is 0 Å². The average molecular weight is 389 g/mol. The van der Waals surface area contributed by atoms with Gasteiger partial charge in [0.15, 0.2) is 5.65 Å². The standard InChI is InChI=1S/C21H32N4O3/c1-7-9-13-24(12-8-2)17(26)14-25-19-15(10-11-16(23-19)28-6)22-18(20(25)27)21(3,4)5/h10-11H,7-9,12-14H2,1-6H3. The molecule has 154 valence electrons. The van der Waals surface area contributed by atoms with Crippen LogP contribution in [0.3, 0.4) is 0 Å². The van der Waals surface area contributed by atoms with Crippen molar-refractivity contribution in [1.29, 1.82) is 0 Å². The SMILES string of the molecule is CCCCN(CCC)C(=O)Cn1c(=O)c(C(C)(C)C)nc2ccc(OC)nc21. The summed E-state index contributed by atoms with van der Waals surface area (Å²) in [4.78, 5) is 37.0. The van der Waals surface area contributed by atoms with Crippen molar-refractivity contribution in [3.05, 3.63) is 28.2 Å². The average Bonchev–Trinajstić information content (AvgIpc) is 2.65. The number of carbonyl (C=O) groups is 1. The highest BCUT2D eigenvalue weighted by Gasteiger charge is 2.25. The number of rotatable bonds is 8. The Hall–Kier alpha value is -2.44. The van der Waals surface area contributed by atoms with Crippen molar-refractivity contribution < 1.29 is 9.53 Å². The van der Waals surface area contributed by atoms with Crippen LogP contribution in [0.4, 0.5) is 0 Å². The fourth-order valence-electron chi connectivity index (χ4n) is 3.07. The highest BCUT2D eigenvalue weighted by Crippen LogP contribution is 2.21. The van der Waals surface area contributed by atoms with Crippen LogP contribution < -0.4 is 10.3 Å². The number of nitrogens with zero attached hydrogens (tertiary/aromatic N) is 4. The predicted molar refractivity (Wildman–Crippen MR) is 111 cm³/mol. The van der Waals surface area contributed by atoms with E-state index in [1.54, 1.807) is 12.1 Å². The van der Waals surface area contributed by atoms with Crippen LogP contribution in [-0.4, -0.2) is 45.5 Å². The molecule has 0 saturated heterocycles. The van der Waals surface area contributed by atoms with E-state index < -0.39 is 5.41 Å². The summed E-state index contributed by atoms with van der Waals surface area (Å²) in [7, 11) is 1.52. The number of pyridine rings is 1. The Balaban J connectivity index is 2.57. The molecule has 0 aromatic carbocycles. The maximum Gasteiger partial charge on any atom is 0.274 e. The molecule has 2 rings (SSSR count). The Morgan fingerprint density at radius 2 is 1.86 bits per heavy atom. The fourth-order valence-corrected chi connectivity index (χ4v) is 3.07. The van der Waals surface area contributed by atoms with Crippen LogP contribution in [0.15, 0.2) is 16.9 Å². The molecular formula is C21H32N4O3. The van der Waals surface area contributed by atoms with Gasteiger partial charge in [-0.1, -0.05) is 41.0 Å². The molecule has 0 N–H and O–H groups in total. The molecule has 0 bridgehead atoms. The molecule has 28 heavy (non-hydrogen) atoms. The molecule has 2 aromatic heterocycles. The van der Waals surface area contributed by atoms with Gasteiger partial charge in [0.05, 0.1) is 7.11 Å². The first-order valence-electron chi connectivity index (χ1n) is 9.96. The van der Waals surface area contributed by atoms with Gasteiger partial charge < -0.3 is 9.64 Å². The van der Waals surface area contributed by atoms with Gasteiger partial charge in [0.2, 0.25) is 11.8 Å². The van der Waals surface area contributed by atoms with Crippen molar-refractivity contribution >= 4 is 17.1 Å². The number of methoxy groups -OCH3 is 1. The number of ether oxygens (including phenoxy) is 1. The van der Waals surface area contributed by atoms with Crippen molar-refractivity contribution in [3.8, 4) is 5.88 Å². The molecule has 2 aromatic rings. The molecule has 0 atom stereocenters. The van der Waals surface area contributed by atoms with Gasteiger partial charge in [-0.2, -0.15) is 4.98 Å². The molecule has 7 nitrogen and oxygen atoms in total. The molecule has 1 amide bonds. The van der Waals surface area contributed by atoms with Crippen LogP contribution in [-0.2, 0) is 16.8 Å². The van der Waals surface area contributed by atoms with Crippen molar-refractivity contribution in [2.75, 3.05) is 20.2 Å². The topological polar surface area (TPSA) is 77.3 Å². The van der Waals surface area contributed by atoms with Gasteiger partial charge in [0.25, 0.3) is 5.56 Å². The minimum absolute atomic E-state index is 0.0508. The summed E-state index contributed by atoms with van der Waals surface area (Å²) in [6, 6.07) is 3.49. The van der Waals surface area contributed by atoms with Crippen LogP contribution in [0.2, 0.25) is 0 Å². The van der Waals surface area contributed by atoms with Crippen LogP contribution in [0.5, 0.6) is 5.88 Å². The number of carbonyl (C=O) groups excluding carboxylic acids is 1. The molecule has 0 radical (unpaired) electrons. The van der Waals surface area contributed by atoms with Gasteiger partial charge in [0.1, 0.15) is 17.8 Å². The number of amides is 1. The Labute approximate surface area is 166 Å². The molecule has 0 spiro atoms. The maximum absolute atomic E-state index is 13.2. The maximum atomic E-state index is 13.2. The van der Waals surface area contributed by atoms with Gasteiger partial charge >= 0.3 is 0 Å². The molecule has 0 unspecified atom stereocenters. The van der Waals surface area contributed by atoms with Crippen LogP contribution in [0.25, 0.3) is 11.2 Å². The number of hydrogen-bond donors (Lipinski definition) is 0. The minimum Gasteiger partial charge on any atom is -0.481 e. The molecule has 0 saturated carbocycles. The molecule has 2 heterocycles. The van der Waals surface area contributed by atoms with Gasteiger partial charge in [-0.3, -0.25) is 14.2 Å². The van der Waals surface area contributed by atoms with E-state index in [-0.39, 0.29) is 18.0 Å². The lowest BCUT2D eigenvalue weighted by Gasteiger charge is -2.24. The molecule has 0 aliphatic rings. The van der Waals surface area contributed by atoms with Crippen molar-refractivity contribution in [1.82, 2.24) is 19.4 Å². The molecule has 0 aliphatic heterocycles. The summed E-state index contributed by atoms with van der Waals surface area (Å²) in [5.74, 6) is 0.309. The monoisotopic (exact) mass is 388 g/mol. The van der Waals surface area contributed by atoms with Crippen LogP contribution >= 0.6 is 0 Å². The first kappa shape index (κ1) is 21.9. The highest BCUT2D eigenvalue weighted by molar-refractivity contribution is 5.79. The van der Waals surface area contributed by atoms with E-state index in [1.807, 2.05) is 32.6 Å². The smallest absolute Gasteiger partial charge is 0.274 e. The quantitative estimate of drug-likeness (QED) is 0.694. The summed E-state index contributed by atoms with van der Waals surface area (Å²) >= 11 is 0. The third-order valence-corrected chi connectivity index (χ3v) is 4.61. The van der Waals surface area contributed by atoms with E-state index in [1.165, 1.54) is 11.7 Å². The number of aromatic nitrogens is 3. The van der Waals surface area contributed by atoms with Gasteiger partial charge in [0, 0.05) is 24.6 Å². The summed E-state index contributed by atoms with van der Waals surface area (Å²) in [6.07, 6.45) is 2.83. The van der Waals surface area contributed by atoms with Crippen molar-refractivity contribution in [2.24, 2.45) is 0 Å². The van der Waals surface area contributed by atoms with Crippen LogP contribution in [0.1, 0.15) is 59.6 Å². The Morgan fingerprint density at radius 1 is 1.14 bits per heavy atom. The molecule has 7 heteroatoms. The van der Waals surface area contributed by atoms with Crippen molar-refractivity contribution in [3.63, 3.8) is 0 Å². The predicted octanol–water partition coefficient (Wildman–Crippen LogP) is 3.14. The number of unbranched alkanes of at least 4 members (excludes halogenated alkanes) is 1. The second-order valence-electron chi connectivity index (χ2n) is 8.03. The van der Waals surface area contributed by atoms with E-state index >= 15 is 0 Å². The summed E-state index contributed by atoms with van der Waals surface area (Å²) in [5, 5.41) is 0. The minimum atomic E-state index is -0.443. The Bertz CT molecular complexity index is 884. The lowest BCUT2D eigenvalue weighted by atomic mass is 9.92. The van der Waals surface area contributed by atoms with E-state index in [9.17, 15) is 9.59 Å². The zero-order valence-corrected chi connectivity index (χ0v) is 17.9. The summed E-state index contributed by atoms with van der Waals surface area (Å²) in [6.45, 7) is 11.3. The second-order valence-corrected chi connectivity index (χ2v) is 8.03. The zero-order chi connectivity index (χ0) is 20.9. The largest absolute Gasteiger partial charge is 0.481 e. The summed E-state index contributed by atoms with van der Waals surface area (Å²) in [5.41, 5.74) is 0.657. The Morgan fingerprint density at radius 3 is 2.43 bits per heavy atom. The molecule has 0 fully saturated rings. The van der Waals surface area contributed by atoms with E-state index in [2.05, 4.69) is 16.9 Å². The number of hydrogen-bond acceptors (Lipinski definition) is 5. The van der Waals surface area contributed by atoms with E-state index in [0.717, 1.165) is 19.3 Å². The van der Waals surface area contributed by atoms with Gasteiger partial charge in [-0.05, 0) is 18.9 Å². The van der Waals surface area contributed by atoms with Gasteiger partial charge in [-0.25, -0.2) is 4.98 Å². The van der Waals surface area contributed by atoms with E-state index in [0.29, 0.717) is 35.8 Å². The third-order valence-electron chi connectivity index (χ3n) is 4.61.